The molecule has 0 bridgehead atoms. The van der Waals surface area contributed by atoms with Crippen molar-refractivity contribution in [2.45, 2.75) is 56.2 Å². The molecular formula is C21H26N4O8S. The van der Waals surface area contributed by atoms with Gasteiger partial charge in [-0.2, -0.15) is 4.72 Å². The van der Waals surface area contributed by atoms with Crippen LogP contribution in [0.5, 0.6) is 0 Å². The van der Waals surface area contributed by atoms with Gasteiger partial charge in [0.25, 0.3) is 11.6 Å². The summed E-state index contributed by atoms with van der Waals surface area (Å²) in [5.41, 5.74) is -0.365. The van der Waals surface area contributed by atoms with Gasteiger partial charge in [0.1, 0.15) is 18.0 Å². The standard InChI is InChI=1S/C21H26N4O8S/c1-14(21(27)24-15-5-2-3-6-15)33-20(26)13-23-34(30,31)17-8-9-18(19(11-17)25(28)29)22-12-16-7-4-10-32-16/h4,7-11,14-15,22-23H,2-3,5-6,12-13H2,1H3,(H,24,27). The Morgan fingerprint density at radius 2 is 2.00 bits per heavy atom. The van der Waals surface area contributed by atoms with Crippen LogP contribution in [0.15, 0.2) is 45.9 Å². The number of carbonyl (C=O) groups is 2. The van der Waals surface area contributed by atoms with E-state index in [-0.39, 0.29) is 18.3 Å². The molecule has 1 heterocycles. The summed E-state index contributed by atoms with van der Waals surface area (Å²) in [7, 11) is -4.26. The first-order chi connectivity index (χ1) is 16.2. The van der Waals surface area contributed by atoms with E-state index >= 15 is 0 Å². The molecule has 1 fully saturated rings. The molecule has 1 amide bonds. The van der Waals surface area contributed by atoms with Crippen LogP contribution < -0.4 is 15.4 Å². The van der Waals surface area contributed by atoms with Crippen molar-refractivity contribution in [1.29, 1.82) is 0 Å². The van der Waals surface area contributed by atoms with E-state index in [1.54, 1.807) is 12.1 Å². The summed E-state index contributed by atoms with van der Waals surface area (Å²) in [5, 5.41) is 17.1. The van der Waals surface area contributed by atoms with Crippen molar-refractivity contribution in [3.8, 4) is 0 Å². The van der Waals surface area contributed by atoms with Crippen molar-refractivity contribution in [1.82, 2.24) is 10.0 Å². The van der Waals surface area contributed by atoms with Gasteiger partial charge < -0.3 is 19.8 Å². The molecule has 12 nitrogen and oxygen atoms in total. The van der Waals surface area contributed by atoms with E-state index in [2.05, 4.69) is 10.6 Å². The van der Waals surface area contributed by atoms with Crippen LogP contribution in [-0.2, 0) is 30.9 Å². The largest absolute Gasteiger partial charge is 0.467 e. The number of hydrogen-bond acceptors (Lipinski definition) is 9. The highest BCUT2D eigenvalue weighted by atomic mass is 32.2. The highest BCUT2D eigenvalue weighted by Crippen LogP contribution is 2.28. The summed E-state index contributed by atoms with van der Waals surface area (Å²) in [4.78, 5) is 34.5. The minimum Gasteiger partial charge on any atom is -0.467 e. The number of benzene rings is 1. The number of nitro groups is 1. The van der Waals surface area contributed by atoms with Crippen molar-refractivity contribution < 1.29 is 32.1 Å². The van der Waals surface area contributed by atoms with Gasteiger partial charge in [-0.25, -0.2) is 8.42 Å². The molecular weight excluding hydrogens is 468 g/mol. The molecule has 0 saturated heterocycles. The zero-order valence-electron chi connectivity index (χ0n) is 18.5. The maximum atomic E-state index is 12.6. The quantitative estimate of drug-likeness (QED) is 0.240. The molecule has 1 aliphatic carbocycles. The lowest BCUT2D eigenvalue weighted by Gasteiger charge is -2.17. The van der Waals surface area contributed by atoms with Gasteiger partial charge >= 0.3 is 5.97 Å². The molecule has 1 unspecified atom stereocenters. The van der Waals surface area contributed by atoms with Crippen molar-refractivity contribution in [3.05, 3.63) is 52.5 Å². The number of nitrogens with zero attached hydrogens (tertiary/aromatic N) is 1. The number of furan rings is 1. The zero-order chi connectivity index (χ0) is 24.7. The third kappa shape index (κ3) is 6.78. The molecule has 3 rings (SSSR count). The molecule has 1 aliphatic rings. The highest BCUT2D eigenvalue weighted by molar-refractivity contribution is 7.89. The molecule has 34 heavy (non-hydrogen) atoms. The SMILES string of the molecule is CC(OC(=O)CNS(=O)(=O)c1ccc(NCc2ccco2)c([N+](=O)[O-])c1)C(=O)NC1CCCC1. The van der Waals surface area contributed by atoms with E-state index in [1.807, 2.05) is 4.72 Å². The molecule has 0 spiro atoms. The number of sulfonamides is 1. The summed E-state index contributed by atoms with van der Waals surface area (Å²) >= 11 is 0. The maximum Gasteiger partial charge on any atom is 0.321 e. The first-order valence-electron chi connectivity index (χ1n) is 10.7. The number of ether oxygens (including phenoxy) is 1. The molecule has 1 saturated carbocycles. The second-order valence-electron chi connectivity index (χ2n) is 7.82. The highest BCUT2D eigenvalue weighted by Gasteiger charge is 2.25. The van der Waals surface area contributed by atoms with E-state index in [0.29, 0.717) is 5.76 Å². The number of amides is 1. The minimum atomic E-state index is -4.26. The van der Waals surface area contributed by atoms with Crippen molar-refractivity contribution in [2.75, 3.05) is 11.9 Å². The monoisotopic (exact) mass is 494 g/mol. The van der Waals surface area contributed by atoms with Gasteiger partial charge in [0, 0.05) is 12.1 Å². The van der Waals surface area contributed by atoms with Crippen LogP contribution in [0.25, 0.3) is 0 Å². The molecule has 184 valence electrons. The Morgan fingerprint density at radius 3 is 2.65 bits per heavy atom. The number of rotatable bonds is 11. The van der Waals surface area contributed by atoms with Crippen LogP contribution in [-0.4, -0.2) is 43.9 Å². The summed E-state index contributed by atoms with van der Waals surface area (Å²) in [6, 6.07) is 6.71. The number of esters is 1. The van der Waals surface area contributed by atoms with E-state index in [1.165, 1.54) is 25.3 Å². The summed E-state index contributed by atoms with van der Waals surface area (Å²) in [6.45, 7) is 0.820. The average Bonchev–Trinajstić information content (AvgIpc) is 3.50. The fraction of sp³-hybridized carbons (Fsp3) is 0.429. The molecule has 1 atom stereocenters. The number of carbonyl (C=O) groups excluding carboxylic acids is 2. The second kappa shape index (κ2) is 11.1. The van der Waals surface area contributed by atoms with Gasteiger partial charge in [0.05, 0.1) is 22.6 Å². The van der Waals surface area contributed by atoms with Crippen LogP contribution in [0, 0.1) is 10.1 Å². The topological polar surface area (TPSA) is 170 Å². The van der Waals surface area contributed by atoms with Crippen LogP contribution in [0.2, 0.25) is 0 Å². The van der Waals surface area contributed by atoms with Crippen molar-refractivity contribution in [3.63, 3.8) is 0 Å². The van der Waals surface area contributed by atoms with Gasteiger partial charge in [-0.05, 0) is 44.0 Å². The summed E-state index contributed by atoms with van der Waals surface area (Å²) in [6.07, 6.45) is 4.17. The lowest BCUT2D eigenvalue weighted by Crippen LogP contribution is -2.42. The molecule has 2 aromatic rings. The van der Waals surface area contributed by atoms with Crippen molar-refractivity contribution in [2.24, 2.45) is 0 Å². The fourth-order valence-corrected chi connectivity index (χ4v) is 4.48. The predicted octanol–water partition coefficient (Wildman–Crippen LogP) is 2.07. The van der Waals surface area contributed by atoms with Crippen LogP contribution in [0.3, 0.4) is 0 Å². The molecule has 13 heteroatoms. The molecule has 3 N–H and O–H groups in total. The van der Waals surface area contributed by atoms with E-state index in [4.69, 9.17) is 9.15 Å². The Morgan fingerprint density at radius 1 is 1.26 bits per heavy atom. The van der Waals surface area contributed by atoms with E-state index < -0.39 is 50.1 Å². The first kappa shape index (κ1) is 25.2. The first-order valence-corrected chi connectivity index (χ1v) is 12.2. The summed E-state index contributed by atoms with van der Waals surface area (Å²) < 4.78 is 37.3. The Bertz CT molecular complexity index is 1130. The lowest BCUT2D eigenvalue weighted by molar-refractivity contribution is -0.384. The third-order valence-electron chi connectivity index (χ3n) is 5.29. The lowest BCUT2D eigenvalue weighted by atomic mass is 10.2. The molecule has 0 aliphatic heterocycles. The molecule has 1 aromatic carbocycles. The minimum absolute atomic E-state index is 0.0551. The van der Waals surface area contributed by atoms with Gasteiger partial charge in [-0.1, -0.05) is 12.8 Å². The number of nitro benzene ring substituents is 1. The zero-order valence-corrected chi connectivity index (χ0v) is 19.3. The smallest absolute Gasteiger partial charge is 0.321 e. The average molecular weight is 495 g/mol. The number of nitrogens with one attached hydrogen (secondary N) is 3. The number of hydrogen-bond donors (Lipinski definition) is 3. The maximum absolute atomic E-state index is 12.6. The van der Waals surface area contributed by atoms with E-state index in [0.717, 1.165) is 31.7 Å². The van der Waals surface area contributed by atoms with Gasteiger partial charge in [-0.3, -0.25) is 19.7 Å². The van der Waals surface area contributed by atoms with Gasteiger partial charge in [0.2, 0.25) is 10.0 Å². The van der Waals surface area contributed by atoms with Crippen molar-refractivity contribution >= 4 is 33.3 Å². The fourth-order valence-electron chi connectivity index (χ4n) is 3.49. The normalized spacial score (nSPS) is 15.0. The van der Waals surface area contributed by atoms with Gasteiger partial charge in [0.15, 0.2) is 6.10 Å². The number of anilines is 1. The Kier molecular flexibility index (Phi) is 8.23. The third-order valence-corrected chi connectivity index (χ3v) is 6.69. The van der Waals surface area contributed by atoms with Crippen LogP contribution in [0.4, 0.5) is 11.4 Å². The predicted molar refractivity (Wildman–Crippen MR) is 120 cm³/mol. The summed E-state index contributed by atoms with van der Waals surface area (Å²) in [5.74, 6) is -0.863. The van der Waals surface area contributed by atoms with Crippen LogP contribution in [0.1, 0.15) is 38.4 Å². The molecule has 0 radical (unpaired) electrons. The Hall–Kier alpha value is -3.45. The Balaban J connectivity index is 1.57. The van der Waals surface area contributed by atoms with E-state index in [9.17, 15) is 28.1 Å². The van der Waals surface area contributed by atoms with Gasteiger partial charge in [-0.15, -0.1) is 0 Å². The van der Waals surface area contributed by atoms with Crippen LogP contribution >= 0.6 is 0 Å². The second-order valence-corrected chi connectivity index (χ2v) is 9.58. The molecule has 1 aromatic heterocycles. The Labute approximate surface area is 196 Å².